The second-order valence-corrected chi connectivity index (χ2v) is 5.10. The van der Waals surface area contributed by atoms with Gasteiger partial charge in [-0.25, -0.2) is 0 Å². The number of nitrogens with zero attached hydrogens (tertiary/aromatic N) is 2. The van der Waals surface area contributed by atoms with Gasteiger partial charge in [-0.3, -0.25) is 5.10 Å². The van der Waals surface area contributed by atoms with Crippen LogP contribution in [-0.4, -0.2) is 10.2 Å². The first-order valence-corrected chi connectivity index (χ1v) is 6.71. The number of H-pyrrole nitrogens is 1. The number of hydrogen-bond acceptors (Lipinski definition) is 1. The molecule has 0 saturated heterocycles. The molecule has 0 aliphatic rings. The topological polar surface area (TPSA) is 32.6 Å². The van der Waals surface area contributed by atoms with Crippen molar-refractivity contribution in [2.75, 3.05) is 0 Å². The maximum Gasteiger partial charge on any atom is 0.278 e. The van der Waals surface area contributed by atoms with E-state index in [0.717, 1.165) is 34.9 Å². The summed E-state index contributed by atoms with van der Waals surface area (Å²) in [7, 11) is 0. The van der Waals surface area contributed by atoms with Crippen LogP contribution < -0.4 is 4.57 Å². The van der Waals surface area contributed by atoms with Crippen molar-refractivity contribution < 1.29 is 4.57 Å². The molecule has 0 radical (unpaired) electrons. The van der Waals surface area contributed by atoms with Gasteiger partial charge in [0.05, 0.1) is 5.69 Å². The molecule has 3 nitrogen and oxygen atoms in total. The minimum atomic E-state index is 0.366. The van der Waals surface area contributed by atoms with Crippen molar-refractivity contribution in [3.63, 3.8) is 0 Å². The standard InChI is InChI=1S/C14H19ClN3/c1-4-12-9-13(17-16-12)8-11-6-5-7-18(10(2)3)14(11)15/h5-7,9-10H,4,8H2,1-3H3,(H,16,17)/q+1. The summed E-state index contributed by atoms with van der Waals surface area (Å²) in [4.78, 5) is 0. The molecule has 0 saturated carbocycles. The summed E-state index contributed by atoms with van der Waals surface area (Å²) in [6, 6.07) is 6.57. The van der Waals surface area contributed by atoms with Gasteiger partial charge in [0.2, 0.25) is 0 Å². The summed E-state index contributed by atoms with van der Waals surface area (Å²) in [5.74, 6) is 0. The minimum absolute atomic E-state index is 0.366. The van der Waals surface area contributed by atoms with E-state index in [1.807, 2.05) is 12.3 Å². The third kappa shape index (κ3) is 2.72. The lowest BCUT2D eigenvalue weighted by molar-refractivity contribution is -0.714. The lowest BCUT2D eigenvalue weighted by Gasteiger charge is -2.05. The van der Waals surface area contributed by atoms with Crippen molar-refractivity contribution in [2.24, 2.45) is 0 Å². The Balaban J connectivity index is 2.26. The molecule has 0 bridgehead atoms. The van der Waals surface area contributed by atoms with Crippen LogP contribution in [0.2, 0.25) is 5.15 Å². The van der Waals surface area contributed by atoms with Gasteiger partial charge in [-0.1, -0.05) is 6.92 Å². The second-order valence-electron chi connectivity index (χ2n) is 4.74. The molecule has 18 heavy (non-hydrogen) atoms. The third-order valence-corrected chi connectivity index (χ3v) is 3.46. The Labute approximate surface area is 113 Å². The smallest absolute Gasteiger partial charge is 0.278 e. The monoisotopic (exact) mass is 264 g/mol. The highest BCUT2D eigenvalue weighted by Crippen LogP contribution is 2.16. The van der Waals surface area contributed by atoms with Gasteiger partial charge >= 0.3 is 0 Å². The summed E-state index contributed by atoms with van der Waals surface area (Å²) < 4.78 is 2.08. The predicted molar refractivity (Wildman–Crippen MR) is 72.8 cm³/mol. The van der Waals surface area contributed by atoms with Crippen LogP contribution in [-0.2, 0) is 12.8 Å². The highest BCUT2D eigenvalue weighted by molar-refractivity contribution is 6.29. The Morgan fingerprint density at radius 2 is 2.22 bits per heavy atom. The average Bonchev–Trinajstić information content (AvgIpc) is 2.79. The zero-order chi connectivity index (χ0) is 13.1. The Morgan fingerprint density at radius 3 is 2.83 bits per heavy atom. The van der Waals surface area contributed by atoms with Crippen LogP contribution in [0.15, 0.2) is 24.4 Å². The Bertz CT molecular complexity index is 532. The first kappa shape index (κ1) is 13.1. The van der Waals surface area contributed by atoms with E-state index in [1.54, 1.807) is 0 Å². The molecule has 0 amide bonds. The summed E-state index contributed by atoms with van der Waals surface area (Å²) in [6.45, 7) is 6.35. The summed E-state index contributed by atoms with van der Waals surface area (Å²) in [6.07, 6.45) is 3.76. The van der Waals surface area contributed by atoms with E-state index in [4.69, 9.17) is 11.6 Å². The van der Waals surface area contributed by atoms with Crippen molar-refractivity contribution in [3.8, 4) is 0 Å². The van der Waals surface area contributed by atoms with Gasteiger partial charge in [-0.05, 0) is 44.0 Å². The van der Waals surface area contributed by atoms with E-state index in [9.17, 15) is 0 Å². The molecule has 0 fully saturated rings. The molecule has 0 aliphatic heterocycles. The van der Waals surface area contributed by atoms with E-state index < -0.39 is 0 Å². The quantitative estimate of drug-likeness (QED) is 0.668. The Morgan fingerprint density at radius 1 is 1.44 bits per heavy atom. The third-order valence-electron chi connectivity index (χ3n) is 3.02. The number of aryl methyl sites for hydroxylation is 1. The van der Waals surface area contributed by atoms with E-state index in [0.29, 0.717) is 6.04 Å². The number of rotatable bonds is 4. The number of halogens is 1. The average molecular weight is 265 g/mol. The molecule has 96 valence electrons. The van der Waals surface area contributed by atoms with Crippen molar-refractivity contribution >= 4 is 11.6 Å². The molecule has 0 aliphatic carbocycles. The highest BCUT2D eigenvalue weighted by atomic mass is 35.5. The Hall–Kier alpha value is -1.35. The molecule has 2 aromatic heterocycles. The lowest BCUT2D eigenvalue weighted by atomic mass is 10.1. The zero-order valence-corrected chi connectivity index (χ0v) is 11.8. The van der Waals surface area contributed by atoms with E-state index in [-0.39, 0.29) is 0 Å². The van der Waals surface area contributed by atoms with Gasteiger partial charge in [0.25, 0.3) is 5.15 Å². The van der Waals surface area contributed by atoms with Crippen LogP contribution >= 0.6 is 11.6 Å². The first-order chi connectivity index (χ1) is 8.61. The van der Waals surface area contributed by atoms with Crippen LogP contribution in [0, 0.1) is 0 Å². The van der Waals surface area contributed by atoms with Crippen molar-refractivity contribution in [1.82, 2.24) is 10.2 Å². The van der Waals surface area contributed by atoms with Gasteiger partial charge in [0.15, 0.2) is 12.2 Å². The van der Waals surface area contributed by atoms with E-state index >= 15 is 0 Å². The van der Waals surface area contributed by atoms with Gasteiger partial charge < -0.3 is 0 Å². The summed E-state index contributed by atoms with van der Waals surface area (Å²) >= 11 is 6.42. The first-order valence-electron chi connectivity index (χ1n) is 6.33. The number of aromatic amines is 1. The van der Waals surface area contributed by atoms with Crippen molar-refractivity contribution in [2.45, 2.75) is 39.7 Å². The largest absolute Gasteiger partial charge is 0.282 e. The zero-order valence-electron chi connectivity index (χ0n) is 11.1. The van der Waals surface area contributed by atoms with Gasteiger partial charge in [-0.15, -0.1) is 0 Å². The summed E-state index contributed by atoms with van der Waals surface area (Å²) in [5.41, 5.74) is 3.32. The molecule has 1 N–H and O–H groups in total. The maximum atomic E-state index is 6.42. The molecule has 0 spiro atoms. The van der Waals surface area contributed by atoms with Crippen LogP contribution in [0.3, 0.4) is 0 Å². The molecule has 2 aromatic rings. The SMILES string of the molecule is CCc1cc(Cc2ccc[n+](C(C)C)c2Cl)[nH]n1. The minimum Gasteiger partial charge on any atom is -0.282 e. The number of nitrogens with one attached hydrogen (secondary N) is 1. The van der Waals surface area contributed by atoms with E-state index in [2.05, 4.69) is 47.7 Å². The van der Waals surface area contributed by atoms with Gasteiger partial charge in [0.1, 0.15) is 0 Å². The molecule has 0 atom stereocenters. The fourth-order valence-electron chi connectivity index (χ4n) is 1.97. The fraction of sp³-hybridized carbons (Fsp3) is 0.429. The van der Waals surface area contributed by atoms with E-state index in [1.165, 1.54) is 0 Å². The fourth-order valence-corrected chi connectivity index (χ4v) is 2.35. The molecule has 2 rings (SSSR count). The van der Waals surface area contributed by atoms with Gasteiger partial charge in [-0.2, -0.15) is 9.67 Å². The summed E-state index contributed by atoms with van der Waals surface area (Å²) in [5, 5.41) is 8.11. The van der Waals surface area contributed by atoms with Crippen LogP contribution in [0.25, 0.3) is 0 Å². The number of hydrogen-bond donors (Lipinski definition) is 1. The Kier molecular flexibility index (Phi) is 4.02. The highest BCUT2D eigenvalue weighted by Gasteiger charge is 2.17. The normalized spacial score (nSPS) is 11.2. The molecule has 2 heterocycles. The maximum absolute atomic E-state index is 6.42. The number of pyridine rings is 1. The van der Waals surface area contributed by atoms with Crippen LogP contribution in [0.5, 0.6) is 0 Å². The lowest BCUT2D eigenvalue weighted by Crippen LogP contribution is -2.37. The van der Waals surface area contributed by atoms with Crippen molar-refractivity contribution in [1.29, 1.82) is 0 Å². The number of aromatic nitrogens is 3. The molecular weight excluding hydrogens is 246 g/mol. The molecule has 0 unspecified atom stereocenters. The predicted octanol–water partition coefficient (Wildman–Crippen LogP) is 3.08. The van der Waals surface area contributed by atoms with Crippen LogP contribution in [0.4, 0.5) is 0 Å². The van der Waals surface area contributed by atoms with Crippen LogP contribution in [0.1, 0.15) is 43.8 Å². The molecular formula is C14H19ClN3+. The van der Waals surface area contributed by atoms with Crippen molar-refractivity contribution in [3.05, 3.63) is 46.5 Å². The van der Waals surface area contributed by atoms with Gasteiger partial charge in [0, 0.05) is 23.7 Å². The second kappa shape index (κ2) is 5.53. The molecule has 4 heteroatoms. The molecule has 0 aromatic carbocycles.